The fourth-order valence-corrected chi connectivity index (χ4v) is 3.07. The molecule has 0 aliphatic rings. The zero-order valence-electron chi connectivity index (χ0n) is 14.5. The molecule has 2 rings (SSSR count). The molecule has 146 valence electrons. The summed E-state index contributed by atoms with van der Waals surface area (Å²) < 4.78 is 34.6. The van der Waals surface area contributed by atoms with Crippen molar-refractivity contribution in [2.24, 2.45) is 0 Å². The molecule has 1 aromatic carbocycles. The summed E-state index contributed by atoms with van der Waals surface area (Å²) in [5, 5.41) is 11.2. The van der Waals surface area contributed by atoms with E-state index in [1.165, 1.54) is 6.07 Å². The summed E-state index contributed by atoms with van der Waals surface area (Å²) in [5.41, 5.74) is 0.797. The van der Waals surface area contributed by atoms with Gasteiger partial charge in [0.15, 0.2) is 0 Å². The summed E-state index contributed by atoms with van der Waals surface area (Å²) in [6.45, 7) is -0.779. The van der Waals surface area contributed by atoms with Crippen molar-refractivity contribution in [1.82, 2.24) is 5.32 Å². The van der Waals surface area contributed by atoms with Crippen LogP contribution in [-0.4, -0.2) is 30.2 Å². The highest BCUT2D eigenvalue weighted by Crippen LogP contribution is 2.30. The Labute approximate surface area is 158 Å². The Morgan fingerprint density at radius 3 is 2.59 bits per heavy atom. The number of carboxylic acids is 1. The Morgan fingerprint density at radius 1 is 1.26 bits per heavy atom. The maximum Gasteiger partial charge on any atom is 0.387 e. The van der Waals surface area contributed by atoms with Gasteiger partial charge >= 0.3 is 12.6 Å². The minimum Gasteiger partial charge on any atom is -0.494 e. The average Bonchev–Trinajstić information content (AvgIpc) is 2.97. The van der Waals surface area contributed by atoms with E-state index in [4.69, 9.17) is 9.84 Å². The van der Waals surface area contributed by atoms with Crippen LogP contribution in [0.1, 0.15) is 33.0 Å². The van der Waals surface area contributed by atoms with Crippen LogP contribution < -0.4 is 14.8 Å². The molecule has 0 spiro atoms. The number of nitrogens with one attached hydrogen (secondary N) is 1. The van der Waals surface area contributed by atoms with Crippen molar-refractivity contribution in [2.75, 3.05) is 6.61 Å². The lowest BCUT2D eigenvalue weighted by atomic mass is 10.2. The molecule has 6 nitrogen and oxygen atoms in total. The van der Waals surface area contributed by atoms with Crippen molar-refractivity contribution in [3.8, 4) is 11.5 Å². The minimum absolute atomic E-state index is 0.0452. The van der Waals surface area contributed by atoms with Gasteiger partial charge in [0, 0.05) is 17.8 Å². The number of benzene rings is 1. The summed E-state index contributed by atoms with van der Waals surface area (Å²) in [4.78, 5) is 23.5. The van der Waals surface area contributed by atoms with Crippen LogP contribution in [0.15, 0.2) is 30.3 Å². The molecule has 1 amide bonds. The topological polar surface area (TPSA) is 84.9 Å². The number of alkyl halides is 2. The lowest BCUT2D eigenvalue weighted by Gasteiger charge is -2.09. The number of hydrogen-bond donors (Lipinski definition) is 2. The number of carbonyl (C=O) groups is 2. The molecule has 0 atom stereocenters. The van der Waals surface area contributed by atoms with E-state index in [2.05, 4.69) is 10.1 Å². The molecule has 0 aliphatic heterocycles. The summed E-state index contributed by atoms with van der Waals surface area (Å²) in [6, 6.07) is 8.33. The van der Waals surface area contributed by atoms with Gasteiger partial charge in [0.05, 0.1) is 6.61 Å². The first-order valence-electron chi connectivity index (χ1n) is 8.12. The monoisotopic (exact) mass is 399 g/mol. The van der Waals surface area contributed by atoms with Crippen LogP contribution in [0, 0.1) is 6.92 Å². The standard InChI is InChI=1S/C18H19F2NO5S/c1-11-9-14(26-18(19)20)16(27-11)17(24)21-10-12-4-6-13(7-5-12)25-8-2-3-15(22)23/h4-7,9,18H,2-3,8,10H2,1H3,(H,21,24)(H,22,23). The zero-order chi connectivity index (χ0) is 19.8. The molecule has 0 saturated heterocycles. The van der Waals surface area contributed by atoms with E-state index in [0.717, 1.165) is 16.9 Å². The second-order valence-corrected chi connectivity index (χ2v) is 6.86. The molecule has 1 heterocycles. The number of rotatable bonds is 10. The molecule has 2 aromatic rings. The van der Waals surface area contributed by atoms with Gasteiger partial charge in [0.25, 0.3) is 5.91 Å². The summed E-state index contributed by atoms with van der Waals surface area (Å²) in [6.07, 6.45) is 0.458. The van der Waals surface area contributed by atoms with E-state index in [9.17, 15) is 18.4 Å². The van der Waals surface area contributed by atoms with E-state index < -0.39 is 18.5 Å². The predicted molar refractivity (Wildman–Crippen MR) is 95.7 cm³/mol. The number of carbonyl (C=O) groups excluding carboxylic acids is 1. The Balaban J connectivity index is 1.86. The summed E-state index contributed by atoms with van der Waals surface area (Å²) in [7, 11) is 0. The van der Waals surface area contributed by atoms with Gasteiger partial charge in [0.1, 0.15) is 16.4 Å². The summed E-state index contributed by atoms with van der Waals surface area (Å²) in [5.74, 6) is -0.891. The second-order valence-electron chi connectivity index (χ2n) is 5.60. The van der Waals surface area contributed by atoms with Crippen molar-refractivity contribution >= 4 is 23.2 Å². The largest absolute Gasteiger partial charge is 0.494 e. The molecular formula is C18H19F2NO5S. The number of carboxylic acid groups (broad SMARTS) is 1. The van der Waals surface area contributed by atoms with E-state index in [1.54, 1.807) is 31.2 Å². The van der Waals surface area contributed by atoms with Gasteiger partial charge in [-0.25, -0.2) is 0 Å². The van der Waals surface area contributed by atoms with E-state index in [1.807, 2.05) is 0 Å². The molecule has 0 bridgehead atoms. The molecule has 0 radical (unpaired) electrons. The van der Waals surface area contributed by atoms with Crippen molar-refractivity contribution in [3.05, 3.63) is 45.6 Å². The zero-order valence-corrected chi connectivity index (χ0v) is 15.4. The Bertz CT molecular complexity index is 777. The van der Waals surface area contributed by atoms with Crippen LogP contribution in [0.4, 0.5) is 8.78 Å². The third kappa shape index (κ3) is 6.86. The Hall–Kier alpha value is -2.68. The van der Waals surface area contributed by atoms with Gasteiger partial charge in [0.2, 0.25) is 0 Å². The molecule has 9 heteroatoms. The average molecular weight is 399 g/mol. The first-order valence-corrected chi connectivity index (χ1v) is 8.94. The number of ether oxygens (including phenoxy) is 2. The van der Waals surface area contributed by atoms with Crippen LogP contribution in [-0.2, 0) is 11.3 Å². The highest BCUT2D eigenvalue weighted by atomic mass is 32.1. The van der Waals surface area contributed by atoms with Crippen molar-refractivity contribution < 1.29 is 33.0 Å². The third-order valence-electron chi connectivity index (χ3n) is 3.42. The van der Waals surface area contributed by atoms with E-state index in [-0.39, 0.29) is 23.6 Å². The highest BCUT2D eigenvalue weighted by molar-refractivity contribution is 7.14. The third-order valence-corrected chi connectivity index (χ3v) is 4.45. The summed E-state index contributed by atoms with van der Waals surface area (Å²) >= 11 is 1.08. The fourth-order valence-electron chi connectivity index (χ4n) is 2.21. The number of halogens is 2. The quantitative estimate of drug-likeness (QED) is 0.593. The number of hydrogen-bond acceptors (Lipinski definition) is 5. The number of thiophene rings is 1. The van der Waals surface area contributed by atoms with Gasteiger partial charge < -0.3 is 19.9 Å². The van der Waals surface area contributed by atoms with Gasteiger partial charge in [-0.2, -0.15) is 8.78 Å². The van der Waals surface area contributed by atoms with Gasteiger partial charge in [-0.05, 0) is 37.1 Å². The molecule has 0 unspecified atom stereocenters. The van der Waals surface area contributed by atoms with Crippen LogP contribution in [0.5, 0.6) is 11.5 Å². The van der Waals surface area contributed by atoms with Crippen LogP contribution in [0.3, 0.4) is 0 Å². The number of aryl methyl sites for hydroxylation is 1. The molecule has 0 fully saturated rings. The molecular weight excluding hydrogens is 380 g/mol. The number of aliphatic carboxylic acids is 1. The van der Waals surface area contributed by atoms with Gasteiger partial charge in [-0.15, -0.1) is 11.3 Å². The van der Waals surface area contributed by atoms with Crippen molar-refractivity contribution in [1.29, 1.82) is 0 Å². The SMILES string of the molecule is Cc1cc(OC(F)F)c(C(=O)NCc2ccc(OCCCC(=O)O)cc2)s1. The molecule has 1 aromatic heterocycles. The molecule has 27 heavy (non-hydrogen) atoms. The van der Waals surface area contributed by atoms with Crippen molar-refractivity contribution in [3.63, 3.8) is 0 Å². The lowest BCUT2D eigenvalue weighted by molar-refractivity contribution is -0.137. The van der Waals surface area contributed by atoms with Crippen molar-refractivity contribution in [2.45, 2.75) is 32.9 Å². The second kappa shape index (κ2) is 9.86. The first kappa shape index (κ1) is 20.6. The predicted octanol–water partition coefficient (Wildman–Crippen LogP) is 3.83. The molecule has 0 saturated carbocycles. The number of amides is 1. The van der Waals surface area contributed by atoms with E-state index >= 15 is 0 Å². The Morgan fingerprint density at radius 2 is 1.96 bits per heavy atom. The highest BCUT2D eigenvalue weighted by Gasteiger charge is 2.19. The maximum absolute atomic E-state index is 12.4. The fraction of sp³-hybridized carbons (Fsp3) is 0.333. The molecule has 2 N–H and O–H groups in total. The van der Waals surface area contributed by atoms with Gasteiger partial charge in [-0.1, -0.05) is 12.1 Å². The van der Waals surface area contributed by atoms with E-state index in [0.29, 0.717) is 23.7 Å². The Kier molecular flexibility index (Phi) is 7.54. The van der Waals surface area contributed by atoms with Crippen LogP contribution in [0.2, 0.25) is 0 Å². The minimum atomic E-state index is -2.99. The first-order chi connectivity index (χ1) is 12.8. The normalized spacial score (nSPS) is 10.7. The molecule has 0 aliphatic carbocycles. The lowest BCUT2D eigenvalue weighted by Crippen LogP contribution is -2.22. The smallest absolute Gasteiger partial charge is 0.387 e. The van der Waals surface area contributed by atoms with Crippen LogP contribution >= 0.6 is 11.3 Å². The van der Waals surface area contributed by atoms with Gasteiger partial charge in [-0.3, -0.25) is 9.59 Å². The maximum atomic E-state index is 12.4. The van der Waals surface area contributed by atoms with Crippen LogP contribution in [0.25, 0.3) is 0 Å².